The van der Waals surface area contributed by atoms with Crippen LogP contribution in [-0.4, -0.2) is 45.7 Å². The fourth-order valence-electron chi connectivity index (χ4n) is 2.86. The third-order valence-corrected chi connectivity index (χ3v) is 4.21. The van der Waals surface area contributed by atoms with Crippen LogP contribution in [0, 0.1) is 0 Å². The highest BCUT2D eigenvalue weighted by molar-refractivity contribution is 6.30. The summed E-state index contributed by atoms with van der Waals surface area (Å²) in [5.41, 5.74) is -0.0902. The van der Waals surface area contributed by atoms with Crippen molar-refractivity contribution < 1.29 is 5.11 Å². The summed E-state index contributed by atoms with van der Waals surface area (Å²) in [7, 11) is 2.09. The summed E-state index contributed by atoms with van der Waals surface area (Å²) in [6, 6.07) is 6.63. The van der Waals surface area contributed by atoms with E-state index in [4.69, 9.17) is 11.6 Å². The van der Waals surface area contributed by atoms with E-state index in [0.29, 0.717) is 22.6 Å². The standard InChI is InChI=1S/C16H19ClN4O2/c1-20-7-2-3-12(10-20)18-15-6-8-21(16(23)19-15)13-5-4-11(17)9-14(13)22/h4-6,8-9,12,22H,2-3,7,10H2,1H3,(H,18,19,23)/t12-/m1/s1. The van der Waals surface area contributed by atoms with Crippen LogP contribution in [0.4, 0.5) is 5.82 Å². The summed E-state index contributed by atoms with van der Waals surface area (Å²) in [5, 5.41) is 13.6. The number of aromatic nitrogens is 2. The van der Waals surface area contributed by atoms with Gasteiger partial charge in [0.15, 0.2) is 0 Å². The molecular formula is C16H19ClN4O2. The zero-order valence-corrected chi connectivity index (χ0v) is 13.6. The van der Waals surface area contributed by atoms with Gasteiger partial charge in [-0.05, 0) is 44.6 Å². The van der Waals surface area contributed by atoms with Crippen LogP contribution in [-0.2, 0) is 0 Å². The molecule has 2 N–H and O–H groups in total. The van der Waals surface area contributed by atoms with Crippen molar-refractivity contribution >= 4 is 17.4 Å². The van der Waals surface area contributed by atoms with E-state index in [1.807, 2.05) is 0 Å². The van der Waals surface area contributed by atoms with Crippen molar-refractivity contribution in [1.29, 1.82) is 0 Å². The number of anilines is 1. The number of likely N-dealkylation sites (N-methyl/N-ethyl adjacent to an activating group) is 1. The molecule has 0 saturated carbocycles. The van der Waals surface area contributed by atoms with Gasteiger partial charge in [0, 0.05) is 29.9 Å². The van der Waals surface area contributed by atoms with E-state index in [0.717, 1.165) is 25.9 Å². The van der Waals surface area contributed by atoms with Gasteiger partial charge in [0.25, 0.3) is 0 Å². The smallest absolute Gasteiger partial charge is 0.354 e. The van der Waals surface area contributed by atoms with Gasteiger partial charge in [0.05, 0.1) is 5.69 Å². The van der Waals surface area contributed by atoms with Crippen LogP contribution in [0.2, 0.25) is 5.02 Å². The summed E-state index contributed by atoms with van der Waals surface area (Å²) in [4.78, 5) is 18.6. The zero-order chi connectivity index (χ0) is 16.4. The van der Waals surface area contributed by atoms with Gasteiger partial charge in [-0.2, -0.15) is 4.98 Å². The fraction of sp³-hybridized carbons (Fsp3) is 0.375. The number of nitrogens with one attached hydrogen (secondary N) is 1. The first-order chi connectivity index (χ1) is 11.0. The van der Waals surface area contributed by atoms with Crippen LogP contribution in [0.15, 0.2) is 35.3 Å². The normalized spacial score (nSPS) is 18.8. The van der Waals surface area contributed by atoms with Crippen LogP contribution in [0.5, 0.6) is 5.75 Å². The highest BCUT2D eigenvalue weighted by atomic mass is 35.5. The monoisotopic (exact) mass is 334 g/mol. The molecule has 0 aliphatic carbocycles. The number of hydrogen-bond acceptors (Lipinski definition) is 5. The van der Waals surface area contributed by atoms with Gasteiger partial charge in [-0.15, -0.1) is 0 Å². The highest BCUT2D eigenvalue weighted by Gasteiger charge is 2.17. The molecule has 3 rings (SSSR count). The Morgan fingerprint density at radius 2 is 2.22 bits per heavy atom. The van der Waals surface area contributed by atoms with Crippen molar-refractivity contribution in [2.75, 3.05) is 25.5 Å². The quantitative estimate of drug-likeness (QED) is 0.899. The number of nitrogens with zero attached hydrogens (tertiary/aromatic N) is 3. The van der Waals surface area contributed by atoms with Gasteiger partial charge >= 0.3 is 5.69 Å². The first-order valence-corrected chi connectivity index (χ1v) is 7.94. The third kappa shape index (κ3) is 3.65. The number of benzene rings is 1. The second-order valence-corrected chi connectivity index (χ2v) is 6.28. The Bertz CT molecular complexity index is 762. The second kappa shape index (κ2) is 6.60. The molecule has 1 aliphatic rings. The van der Waals surface area contributed by atoms with Crippen molar-refractivity contribution in [3.05, 3.63) is 46.0 Å². The van der Waals surface area contributed by atoms with E-state index in [2.05, 4.69) is 22.2 Å². The summed E-state index contributed by atoms with van der Waals surface area (Å²) in [6.07, 6.45) is 3.80. The number of aromatic hydroxyl groups is 1. The topological polar surface area (TPSA) is 70.4 Å². The molecule has 23 heavy (non-hydrogen) atoms. The Balaban J connectivity index is 1.82. The van der Waals surface area contributed by atoms with E-state index in [1.165, 1.54) is 10.6 Å². The molecule has 0 spiro atoms. The molecule has 1 aliphatic heterocycles. The minimum atomic E-state index is -0.447. The molecule has 2 aromatic rings. The Hall–Kier alpha value is -2.05. The molecule has 2 heterocycles. The molecule has 122 valence electrons. The average molecular weight is 335 g/mol. The molecule has 0 bridgehead atoms. The number of phenols is 1. The summed E-state index contributed by atoms with van der Waals surface area (Å²) in [6.45, 7) is 2.03. The van der Waals surface area contributed by atoms with Gasteiger partial charge < -0.3 is 15.3 Å². The molecule has 1 saturated heterocycles. The van der Waals surface area contributed by atoms with Crippen LogP contribution in [0.3, 0.4) is 0 Å². The van der Waals surface area contributed by atoms with Crippen LogP contribution < -0.4 is 11.0 Å². The molecule has 1 aromatic carbocycles. The predicted molar refractivity (Wildman–Crippen MR) is 90.7 cm³/mol. The molecule has 0 unspecified atom stereocenters. The Labute approximate surface area is 139 Å². The number of phenolic OH excluding ortho intramolecular Hbond substituents is 1. The number of halogens is 1. The predicted octanol–water partition coefficient (Wildman–Crippen LogP) is 2.10. The summed E-state index contributed by atoms with van der Waals surface area (Å²) in [5.74, 6) is 0.496. The van der Waals surface area contributed by atoms with E-state index < -0.39 is 5.69 Å². The fourth-order valence-corrected chi connectivity index (χ4v) is 3.03. The maximum Gasteiger partial charge on any atom is 0.354 e. The minimum absolute atomic E-state index is 0.0592. The molecule has 6 nitrogen and oxygen atoms in total. The highest BCUT2D eigenvalue weighted by Crippen LogP contribution is 2.24. The Kier molecular flexibility index (Phi) is 4.54. The lowest BCUT2D eigenvalue weighted by Crippen LogP contribution is -2.40. The van der Waals surface area contributed by atoms with Gasteiger partial charge in [-0.25, -0.2) is 4.79 Å². The lowest BCUT2D eigenvalue weighted by molar-refractivity contribution is 0.260. The number of hydrogen-bond donors (Lipinski definition) is 2. The van der Waals surface area contributed by atoms with E-state index >= 15 is 0 Å². The second-order valence-electron chi connectivity index (χ2n) is 5.84. The van der Waals surface area contributed by atoms with Crippen molar-refractivity contribution in [1.82, 2.24) is 14.5 Å². The SMILES string of the molecule is CN1CCC[C@@H](Nc2ccn(-c3ccc(Cl)cc3O)c(=O)n2)C1. The Morgan fingerprint density at radius 3 is 2.91 bits per heavy atom. The van der Waals surface area contributed by atoms with Gasteiger partial charge in [0.2, 0.25) is 0 Å². The number of rotatable bonds is 3. The van der Waals surface area contributed by atoms with E-state index in [1.54, 1.807) is 24.4 Å². The molecule has 1 aromatic heterocycles. The van der Waals surface area contributed by atoms with Gasteiger partial charge in [-0.1, -0.05) is 11.6 Å². The number of likely N-dealkylation sites (tertiary alicyclic amines) is 1. The molecular weight excluding hydrogens is 316 g/mol. The van der Waals surface area contributed by atoms with Crippen molar-refractivity contribution in [2.45, 2.75) is 18.9 Å². The van der Waals surface area contributed by atoms with E-state index in [9.17, 15) is 9.90 Å². The lowest BCUT2D eigenvalue weighted by atomic mass is 10.1. The largest absolute Gasteiger partial charge is 0.506 e. The molecule has 0 amide bonds. The molecule has 1 fully saturated rings. The first-order valence-electron chi connectivity index (χ1n) is 7.56. The number of piperidine rings is 1. The van der Waals surface area contributed by atoms with E-state index in [-0.39, 0.29) is 5.75 Å². The van der Waals surface area contributed by atoms with Crippen LogP contribution >= 0.6 is 11.6 Å². The average Bonchev–Trinajstić information content (AvgIpc) is 2.48. The zero-order valence-electron chi connectivity index (χ0n) is 12.9. The maximum atomic E-state index is 12.2. The van der Waals surface area contributed by atoms with Crippen molar-refractivity contribution in [3.63, 3.8) is 0 Å². The van der Waals surface area contributed by atoms with Crippen molar-refractivity contribution in [2.24, 2.45) is 0 Å². The summed E-state index contributed by atoms with van der Waals surface area (Å²) >= 11 is 5.81. The summed E-state index contributed by atoms with van der Waals surface area (Å²) < 4.78 is 1.30. The Morgan fingerprint density at radius 1 is 1.39 bits per heavy atom. The lowest BCUT2D eigenvalue weighted by Gasteiger charge is -2.30. The van der Waals surface area contributed by atoms with Crippen molar-refractivity contribution in [3.8, 4) is 11.4 Å². The van der Waals surface area contributed by atoms with Gasteiger partial charge in [0.1, 0.15) is 11.6 Å². The molecule has 1 atom stereocenters. The maximum absolute atomic E-state index is 12.2. The molecule has 0 radical (unpaired) electrons. The van der Waals surface area contributed by atoms with Crippen LogP contribution in [0.1, 0.15) is 12.8 Å². The van der Waals surface area contributed by atoms with Gasteiger partial charge in [-0.3, -0.25) is 4.57 Å². The first kappa shape index (κ1) is 15.8. The van der Waals surface area contributed by atoms with Crippen LogP contribution in [0.25, 0.3) is 5.69 Å². The third-order valence-electron chi connectivity index (χ3n) is 3.98. The minimum Gasteiger partial charge on any atom is -0.506 e. The molecule has 7 heteroatoms.